The smallest absolute Gasteiger partial charge is 0.234 e. The average molecular weight is 478 g/mol. The average Bonchev–Trinajstić information content (AvgIpc) is 2.82. The molecular weight excluding hydrogens is 445 g/mol. The van der Waals surface area contributed by atoms with E-state index in [1.54, 1.807) is 7.11 Å². The molecule has 0 saturated carbocycles. The molecule has 0 aliphatic heterocycles. The number of hydrogen-bond acceptors (Lipinski definition) is 6. The van der Waals surface area contributed by atoms with Crippen molar-refractivity contribution in [2.75, 3.05) is 50.2 Å². The van der Waals surface area contributed by atoms with Crippen LogP contribution in [0.4, 0.5) is 10.1 Å². The van der Waals surface area contributed by atoms with E-state index in [1.807, 2.05) is 18.2 Å². The van der Waals surface area contributed by atoms with Gasteiger partial charge < -0.3 is 25.0 Å². The monoisotopic (exact) mass is 477 g/mol. The summed E-state index contributed by atoms with van der Waals surface area (Å²) in [4.78, 5) is 26.3. The fraction of sp³-hybridized carbons (Fsp3) is 0.417. The molecule has 2 N–H and O–H groups in total. The highest BCUT2D eigenvalue weighted by Gasteiger charge is 2.09. The molecule has 2 aromatic carbocycles. The third-order valence-electron chi connectivity index (χ3n) is 4.87. The summed E-state index contributed by atoms with van der Waals surface area (Å²) in [6.07, 6.45) is 0. The number of carbonyl (C=O) groups is 2. The van der Waals surface area contributed by atoms with Crippen LogP contribution >= 0.6 is 11.8 Å². The van der Waals surface area contributed by atoms with Crippen molar-refractivity contribution in [3.63, 3.8) is 0 Å². The molecule has 0 atom stereocenters. The van der Waals surface area contributed by atoms with Crippen LogP contribution in [0, 0.1) is 5.82 Å². The molecule has 0 unspecified atom stereocenters. The summed E-state index contributed by atoms with van der Waals surface area (Å²) >= 11 is 1.21. The van der Waals surface area contributed by atoms with Crippen LogP contribution in [0.15, 0.2) is 42.5 Å². The molecule has 0 saturated heterocycles. The van der Waals surface area contributed by atoms with Crippen molar-refractivity contribution in [2.24, 2.45) is 0 Å². The summed E-state index contributed by atoms with van der Waals surface area (Å²) in [6.45, 7) is 7.95. The van der Waals surface area contributed by atoms with Gasteiger partial charge in [0.1, 0.15) is 12.4 Å². The minimum atomic E-state index is -0.367. The summed E-state index contributed by atoms with van der Waals surface area (Å²) < 4.78 is 24.2. The fourth-order valence-corrected chi connectivity index (χ4v) is 3.63. The zero-order valence-corrected chi connectivity index (χ0v) is 20.2. The van der Waals surface area contributed by atoms with Crippen LogP contribution in [0.25, 0.3) is 0 Å². The van der Waals surface area contributed by atoms with Gasteiger partial charge in [0.2, 0.25) is 11.8 Å². The lowest BCUT2D eigenvalue weighted by Crippen LogP contribution is -2.28. The molecule has 0 heterocycles. The van der Waals surface area contributed by atoms with E-state index in [1.165, 1.54) is 36.0 Å². The first-order valence-electron chi connectivity index (χ1n) is 10.9. The van der Waals surface area contributed by atoms with E-state index in [0.717, 1.165) is 25.2 Å². The van der Waals surface area contributed by atoms with Crippen molar-refractivity contribution in [1.82, 2.24) is 10.2 Å². The first kappa shape index (κ1) is 26.5. The third-order valence-corrected chi connectivity index (χ3v) is 5.80. The van der Waals surface area contributed by atoms with Gasteiger partial charge in [-0.15, -0.1) is 11.8 Å². The Morgan fingerprint density at radius 2 is 1.70 bits per heavy atom. The minimum Gasteiger partial charge on any atom is -0.493 e. The maximum absolute atomic E-state index is 12.9. The highest BCUT2D eigenvalue weighted by molar-refractivity contribution is 8.00. The molecule has 0 spiro atoms. The number of amides is 2. The van der Waals surface area contributed by atoms with Crippen LogP contribution in [0.1, 0.15) is 19.4 Å². The van der Waals surface area contributed by atoms with Gasteiger partial charge in [0, 0.05) is 18.8 Å². The normalized spacial score (nSPS) is 10.7. The first-order valence-corrected chi connectivity index (χ1v) is 12.0. The number of rotatable bonds is 14. The second-order valence-electron chi connectivity index (χ2n) is 7.19. The van der Waals surface area contributed by atoms with Crippen molar-refractivity contribution in [2.45, 2.75) is 20.4 Å². The number of thioether (sulfide) groups is 1. The number of likely N-dealkylation sites (N-methyl/N-ethyl adjacent to an activating group) is 1. The molecule has 180 valence electrons. The van der Waals surface area contributed by atoms with E-state index in [2.05, 4.69) is 29.4 Å². The van der Waals surface area contributed by atoms with Crippen LogP contribution < -0.4 is 20.1 Å². The lowest BCUT2D eigenvalue weighted by atomic mass is 10.2. The Hall–Kier alpha value is -2.78. The lowest BCUT2D eigenvalue weighted by molar-refractivity contribution is -0.118. The number of nitrogens with one attached hydrogen (secondary N) is 2. The molecule has 0 radical (unpaired) electrons. The summed E-state index contributed by atoms with van der Waals surface area (Å²) in [6, 6.07) is 11.1. The molecule has 0 bridgehead atoms. The summed E-state index contributed by atoms with van der Waals surface area (Å²) in [7, 11) is 1.59. The molecule has 2 rings (SSSR count). The Kier molecular flexibility index (Phi) is 11.5. The van der Waals surface area contributed by atoms with Crippen molar-refractivity contribution in [1.29, 1.82) is 0 Å². The predicted molar refractivity (Wildman–Crippen MR) is 130 cm³/mol. The summed E-state index contributed by atoms with van der Waals surface area (Å²) in [5, 5.41) is 5.50. The maximum Gasteiger partial charge on any atom is 0.234 e. The number of carbonyl (C=O) groups excluding carboxylic acids is 2. The molecule has 0 aromatic heterocycles. The van der Waals surface area contributed by atoms with Crippen molar-refractivity contribution in [3.05, 3.63) is 53.8 Å². The standard InChI is InChI=1S/C24H32FN3O4S/c1-4-28(5-2)12-13-32-21-11-6-18(14-22(21)31-3)15-26-23(29)16-33-17-24(30)27-20-9-7-19(25)8-10-20/h6-11,14H,4-5,12-13,15-17H2,1-3H3,(H,26,29)(H,27,30). The van der Waals surface area contributed by atoms with E-state index in [0.29, 0.717) is 30.3 Å². The van der Waals surface area contributed by atoms with Crippen LogP contribution in [0.2, 0.25) is 0 Å². The van der Waals surface area contributed by atoms with Crippen LogP contribution in [-0.2, 0) is 16.1 Å². The van der Waals surface area contributed by atoms with Gasteiger partial charge in [-0.25, -0.2) is 4.39 Å². The predicted octanol–water partition coefficient (Wildman–Crippen LogP) is 3.54. The third kappa shape index (κ3) is 9.71. The first-order chi connectivity index (χ1) is 15.9. The Balaban J connectivity index is 1.71. The quantitative estimate of drug-likeness (QED) is 0.433. The second kappa shape index (κ2) is 14.4. The Morgan fingerprint density at radius 1 is 1.00 bits per heavy atom. The van der Waals surface area contributed by atoms with Crippen LogP contribution in [-0.4, -0.2) is 61.6 Å². The van der Waals surface area contributed by atoms with Gasteiger partial charge in [0.15, 0.2) is 11.5 Å². The zero-order chi connectivity index (χ0) is 24.1. The summed E-state index contributed by atoms with van der Waals surface area (Å²) in [5.41, 5.74) is 1.40. The molecule has 0 aliphatic carbocycles. The fourth-order valence-electron chi connectivity index (χ4n) is 2.98. The van der Waals surface area contributed by atoms with Crippen LogP contribution in [0.3, 0.4) is 0 Å². The van der Waals surface area contributed by atoms with Gasteiger partial charge in [-0.3, -0.25) is 9.59 Å². The number of anilines is 1. The Bertz CT molecular complexity index is 892. The highest BCUT2D eigenvalue weighted by atomic mass is 32.2. The SMILES string of the molecule is CCN(CC)CCOc1ccc(CNC(=O)CSCC(=O)Nc2ccc(F)cc2)cc1OC. The topological polar surface area (TPSA) is 79.9 Å². The number of ether oxygens (including phenoxy) is 2. The number of hydrogen-bond donors (Lipinski definition) is 2. The molecule has 9 heteroatoms. The Labute approximate surface area is 199 Å². The molecule has 0 aliphatic rings. The zero-order valence-electron chi connectivity index (χ0n) is 19.4. The molecule has 0 fully saturated rings. The van der Waals surface area contributed by atoms with Crippen molar-refractivity contribution in [3.8, 4) is 11.5 Å². The van der Waals surface area contributed by atoms with E-state index in [-0.39, 0.29) is 29.1 Å². The number of methoxy groups -OCH3 is 1. The van der Waals surface area contributed by atoms with Gasteiger partial charge in [0.05, 0.1) is 18.6 Å². The lowest BCUT2D eigenvalue weighted by Gasteiger charge is -2.19. The number of nitrogens with zero attached hydrogens (tertiary/aromatic N) is 1. The largest absolute Gasteiger partial charge is 0.493 e. The minimum absolute atomic E-state index is 0.123. The number of halogens is 1. The Morgan fingerprint density at radius 3 is 2.36 bits per heavy atom. The molecule has 33 heavy (non-hydrogen) atoms. The summed E-state index contributed by atoms with van der Waals surface area (Å²) in [5.74, 6) is 0.775. The molecule has 2 amide bonds. The van der Waals surface area contributed by atoms with Crippen molar-refractivity contribution >= 4 is 29.3 Å². The van der Waals surface area contributed by atoms with Crippen molar-refractivity contribution < 1.29 is 23.5 Å². The van der Waals surface area contributed by atoms with Gasteiger partial charge in [-0.2, -0.15) is 0 Å². The van der Waals surface area contributed by atoms with E-state index < -0.39 is 0 Å². The molecule has 7 nitrogen and oxygen atoms in total. The second-order valence-corrected chi connectivity index (χ2v) is 8.17. The van der Waals surface area contributed by atoms with Gasteiger partial charge in [-0.1, -0.05) is 19.9 Å². The van der Waals surface area contributed by atoms with Gasteiger partial charge in [-0.05, 0) is 55.1 Å². The van der Waals surface area contributed by atoms with Gasteiger partial charge >= 0.3 is 0 Å². The van der Waals surface area contributed by atoms with E-state index >= 15 is 0 Å². The van der Waals surface area contributed by atoms with E-state index in [4.69, 9.17) is 9.47 Å². The molecule has 2 aromatic rings. The highest BCUT2D eigenvalue weighted by Crippen LogP contribution is 2.28. The maximum atomic E-state index is 12.9. The van der Waals surface area contributed by atoms with E-state index in [9.17, 15) is 14.0 Å². The van der Waals surface area contributed by atoms with Gasteiger partial charge in [0.25, 0.3) is 0 Å². The van der Waals surface area contributed by atoms with Crippen LogP contribution in [0.5, 0.6) is 11.5 Å². The molecular formula is C24H32FN3O4S. The number of benzene rings is 2.